The molecular formula is C13H19ClN4O2S. The maximum absolute atomic E-state index is 11.9. The number of aliphatic hydroxyl groups excluding tert-OH is 1. The molecule has 0 spiro atoms. The lowest BCUT2D eigenvalue weighted by Gasteiger charge is -2.33. The predicted octanol–water partition coefficient (Wildman–Crippen LogP) is 1.04. The van der Waals surface area contributed by atoms with Crippen LogP contribution in [0.4, 0.5) is 0 Å². The SMILES string of the molecule is O=C(NC1CC1)[C@H](O)C1CCN(Cc2nnsc2Cl)CC1. The minimum Gasteiger partial charge on any atom is -0.383 e. The van der Waals surface area contributed by atoms with Crippen LogP contribution in [0, 0.1) is 5.92 Å². The van der Waals surface area contributed by atoms with Crippen LogP contribution < -0.4 is 5.32 Å². The van der Waals surface area contributed by atoms with Crippen LogP contribution >= 0.6 is 23.1 Å². The van der Waals surface area contributed by atoms with Crippen molar-refractivity contribution in [1.82, 2.24) is 19.8 Å². The molecule has 6 nitrogen and oxygen atoms in total. The molecule has 2 heterocycles. The van der Waals surface area contributed by atoms with Crippen molar-refractivity contribution in [2.24, 2.45) is 5.92 Å². The average molecular weight is 331 g/mol. The van der Waals surface area contributed by atoms with E-state index in [0.717, 1.165) is 44.5 Å². The van der Waals surface area contributed by atoms with E-state index in [1.807, 2.05) is 0 Å². The zero-order chi connectivity index (χ0) is 14.8. The van der Waals surface area contributed by atoms with Gasteiger partial charge in [-0.25, -0.2) is 0 Å². The van der Waals surface area contributed by atoms with Crippen molar-refractivity contribution in [2.75, 3.05) is 13.1 Å². The van der Waals surface area contributed by atoms with Crippen molar-refractivity contribution in [1.29, 1.82) is 0 Å². The van der Waals surface area contributed by atoms with Crippen molar-refractivity contribution in [3.05, 3.63) is 10.0 Å². The number of carbonyl (C=O) groups is 1. The van der Waals surface area contributed by atoms with Crippen molar-refractivity contribution in [3.8, 4) is 0 Å². The molecule has 21 heavy (non-hydrogen) atoms. The topological polar surface area (TPSA) is 78.4 Å². The zero-order valence-electron chi connectivity index (χ0n) is 11.7. The highest BCUT2D eigenvalue weighted by Crippen LogP contribution is 2.25. The highest BCUT2D eigenvalue weighted by atomic mass is 35.5. The van der Waals surface area contributed by atoms with Gasteiger partial charge >= 0.3 is 0 Å². The highest BCUT2D eigenvalue weighted by Gasteiger charge is 2.33. The first-order valence-corrected chi connectivity index (χ1v) is 8.46. The fourth-order valence-corrected chi connectivity index (χ4v) is 3.27. The summed E-state index contributed by atoms with van der Waals surface area (Å²) in [6.07, 6.45) is 2.83. The molecule has 1 atom stereocenters. The van der Waals surface area contributed by atoms with Crippen LogP contribution in [0.3, 0.4) is 0 Å². The Morgan fingerprint density at radius 2 is 2.14 bits per heavy atom. The number of likely N-dealkylation sites (tertiary alicyclic amines) is 1. The van der Waals surface area contributed by atoms with Gasteiger partial charge < -0.3 is 10.4 Å². The summed E-state index contributed by atoms with van der Waals surface area (Å²) in [4.78, 5) is 14.1. The van der Waals surface area contributed by atoms with Gasteiger partial charge in [-0.1, -0.05) is 16.1 Å². The van der Waals surface area contributed by atoms with Gasteiger partial charge in [0.05, 0.1) is 0 Å². The number of nitrogens with one attached hydrogen (secondary N) is 1. The van der Waals surface area contributed by atoms with Gasteiger partial charge in [0.25, 0.3) is 0 Å². The Morgan fingerprint density at radius 3 is 2.71 bits per heavy atom. The maximum atomic E-state index is 11.9. The van der Waals surface area contributed by atoms with E-state index in [0.29, 0.717) is 16.9 Å². The molecule has 1 saturated carbocycles. The Hall–Kier alpha value is -0.760. The van der Waals surface area contributed by atoms with Crippen LogP contribution in [0.5, 0.6) is 0 Å². The molecule has 0 bridgehead atoms. The first kappa shape index (κ1) is 15.1. The quantitative estimate of drug-likeness (QED) is 0.843. The predicted molar refractivity (Wildman–Crippen MR) is 80.1 cm³/mol. The molecule has 1 aromatic heterocycles. The lowest BCUT2D eigenvalue weighted by atomic mass is 9.90. The van der Waals surface area contributed by atoms with E-state index in [2.05, 4.69) is 19.8 Å². The average Bonchev–Trinajstić information content (AvgIpc) is 3.21. The van der Waals surface area contributed by atoms with E-state index in [-0.39, 0.29) is 11.8 Å². The Morgan fingerprint density at radius 1 is 1.43 bits per heavy atom. The molecule has 1 aromatic rings. The van der Waals surface area contributed by atoms with E-state index < -0.39 is 6.10 Å². The van der Waals surface area contributed by atoms with Crippen molar-refractivity contribution >= 4 is 29.0 Å². The van der Waals surface area contributed by atoms with Gasteiger partial charge in [-0.05, 0) is 44.7 Å². The molecule has 1 aliphatic carbocycles. The smallest absolute Gasteiger partial charge is 0.249 e. The Kier molecular flexibility index (Phi) is 4.73. The van der Waals surface area contributed by atoms with Gasteiger partial charge in [-0.3, -0.25) is 9.69 Å². The van der Waals surface area contributed by atoms with Crippen molar-refractivity contribution < 1.29 is 9.90 Å². The lowest BCUT2D eigenvalue weighted by molar-refractivity contribution is -0.133. The second kappa shape index (κ2) is 6.56. The number of hydrogen-bond acceptors (Lipinski definition) is 6. The van der Waals surface area contributed by atoms with Crippen LogP contribution in [0.2, 0.25) is 4.34 Å². The number of rotatable bonds is 5. The first-order valence-electron chi connectivity index (χ1n) is 7.31. The highest BCUT2D eigenvalue weighted by molar-refractivity contribution is 7.10. The van der Waals surface area contributed by atoms with Crippen molar-refractivity contribution in [3.63, 3.8) is 0 Å². The lowest BCUT2D eigenvalue weighted by Crippen LogP contribution is -2.45. The van der Waals surface area contributed by atoms with E-state index >= 15 is 0 Å². The molecule has 8 heteroatoms. The summed E-state index contributed by atoms with van der Waals surface area (Å²) in [5.41, 5.74) is 0.812. The van der Waals surface area contributed by atoms with Gasteiger partial charge in [-0.2, -0.15) is 0 Å². The van der Waals surface area contributed by atoms with Gasteiger partial charge in [0.1, 0.15) is 16.1 Å². The van der Waals surface area contributed by atoms with Crippen LogP contribution in [-0.4, -0.2) is 50.7 Å². The molecule has 0 unspecified atom stereocenters. The second-order valence-electron chi connectivity index (χ2n) is 5.83. The Balaban J connectivity index is 1.45. The minimum absolute atomic E-state index is 0.0454. The van der Waals surface area contributed by atoms with Crippen LogP contribution in [-0.2, 0) is 11.3 Å². The van der Waals surface area contributed by atoms with Crippen LogP contribution in [0.25, 0.3) is 0 Å². The number of nitrogens with zero attached hydrogens (tertiary/aromatic N) is 3. The molecular weight excluding hydrogens is 312 g/mol. The molecule has 3 rings (SSSR count). The third-order valence-corrected chi connectivity index (χ3v) is 5.14. The molecule has 0 aromatic carbocycles. The number of carbonyl (C=O) groups excluding carboxylic acids is 1. The third kappa shape index (κ3) is 3.91. The molecule has 2 N–H and O–H groups in total. The number of hydrogen-bond donors (Lipinski definition) is 2. The normalized spacial score (nSPS) is 22.2. The summed E-state index contributed by atoms with van der Waals surface area (Å²) in [5.74, 6) is -0.160. The number of piperidine rings is 1. The van der Waals surface area contributed by atoms with Gasteiger partial charge in [0, 0.05) is 24.1 Å². The van der Waals surface area contributed by atoms with Gasteiger partial charge in [0.15, 0.2) is 0 Å². The van der Waals surface area contributed by atoms with E-state index in [1.54, 1.807) is 0 Å². The van der Waals surface area contributed by atoms with E-state index in [9.17, 15) is 9.90 Å². The van der Waals surface area contributed by atoms with E-state index in [1.165, 1.54) is 11.5 Å². The Labute approximate surface area is 132 Å². The van der Waals surface area contributed by atoms with Crippen LogP contribution in [0.15, 0.2) is 0 Å². The summed E-state index contributed by atoms with van der Waals surface area (Å²) < 4.78 is 4.47. The summed E-state index contributed by atoms with van der Waals surface area (Å²) in [6, 6.07) is 0.298. The summed E-state index contributed by atoms with van der Waals surface area (Å²) in [7, 11) is 0. The van der Waals surface area contributed by atoms with Gasteiger partial charge in [0.2, 0.25) is 5.91 Å². The number of halogens is 1. The summed E-state index contributed by atoms with van der Waals surface area (Å²) in [6.45, 7) is 2.37. The Bertz CT molecular complexity index is 500. The monoisotopic (exact) mass is 330 g/mol. The second-order valence-corrected chi connectivity index (χ2v) is 7.19. The summed E-state index contributed by atoms with van der Waals surface area (Å²) in [5, 5.41) is 17.0. The van der Waals surface area contributed by atoms with Crippen molar-refractivity contribution in [2.45, 2.75) is 44.4 Å². The number of amides is 1. The molecule has 116 valence electrons. The molecule has 2 fully saturated rings. The fraction of sp³-hybridized carbons (Fsp3) is 0.769. The molecule has 2 aliphatic rings. The molecule has 0 radical (unpaired) electrons. The zero-order valence-corrected chi connectivity index (χ0v) is 13.2. The molecule has 1 saturated heterocycles. The first-order chi connectivity index (χ1) is 10.1. The van der Waals surface area contributed by atoms with E-state index in [4.69, 9.17) is 11.6 Å². The number of aromatic nitrogens is 2. The third-order valence-electron chi connectivity index (χ3n) is 4.15. The fourth-order valence-electron chi connectivity index (χ4n) is 2.66. The van der Waals surface area contributed by atoms with Gasteiger partial charge in [-0.15, -0.1) is 5.10 Å². The maximum Gasteiger partial charge on any atom is 0.249 e. The summed E-state index contributed by atoms with van der Waals surface area (Å²) >= 11 is 7.21. The largest absolute Gasteiger partial charge is 0.383 e. The molecule has 1 aliphatic heterocycles. The minimum atomic E-state index is -0.878. The number of aliphatic hydroxyl groups is 1. The molecule has 1 amide bonds. The van der Waals surface area contributed by atoms with Crippen LogP contribution in [0.1, 0.15) is 31.4 Å². The standard InChI is InChI=1S/C13H19ClN4O2S/c14-12-10(16-17-21-12)7-18-5-3-8(4-6-18)11(19)13(20)15-9-1-2-9/h8-9,11,19H,1-7H2,(H,15,20)/t11-/m1/s1.